The number of rotatable bonds is 4. The zero-order chi connectivity index (χ0) is 22.2. The summed E-state index contributed by atoms with van der Waals surface area (Å²) in [4.78, 5) is 26.2. The molecule has 164 valence electrons. The summed E-state index contributed by atoms with van der Waals surface area (Å²) < 4.78 is 20.6. The number of ether oxygens (including phenoxy) is 1. The number of hydrogen-bond acceptors (Lipinski definition) is 6. The van der Waals surface area contributed by atoms with E-state index in [2.05, 4.69) is 30.5 Å². The fourth-order valence-electron chi connectivity index (χ4n) is 3.77. The maximum absolute atomic E-state index is 15.3. The van der Waals surface area contributed by atoms with Gasteiger partial charge in [-0.05, 0) is 32.0 Å². The Morgan fingerprint density at radius 2 is 2.03 bits per heavy atom. The van der Waals surface area contributed by atoms with E-state index >= 15 is 4.39 Å². The summed E-state index contributed by atoms with van der Waals surface area (Å²) in [5.41, 5.74) is 4.10. The lowest BCUT2D eigenvalue weighted by Crippen LogP contribution is -2.37. The molecule has 5 heterocycles. The van der Waals surface area contributed by atoms with Gasteiger partial charge in [0.25, 0.3) is 5.91 Å². The number of aryl methyl sites for hydroxylation is 1. The van der Waals surface area contributed by atoms with Crippen molar-refractivity contribution in [3.63, 3.8) is 0 Å². The maximum atomic E-state index is 15.3. The topological polar surface area (TPSA) is 112 Å². The molecule has 0 saturated carbocycles. The molecule has 0 aromatic carbocycles. The normalized spacial score (nSPS) is 14.2. The van der Waals surface area contributed by atoms with E-state index in [1.807, 2.05) is 24.8 Å². The van der Waals surface area contributed by atoms with Gasteiger partial charge < -0.3 is 19.9 Å². The van der Waals surface area contributed by atoms with Crippen molar-refractivity contribution in [2.24, 2.45) is 0 Å². The maximum Gasteiger partial charge on any atom is 0.273 e. The van der Waals surface area contributed by atoms with Crippen LogP contribution in [0, 0.1) is 19.7 Å². The van der Waals surface area contributed by atoms with Crippen LogP contribution in [0.4, 0.5) is 15.9 Å². The lowest BCUT2D eigenvalue weighted by Gasteiger charge is -2.28. The van der Waals surface area contributed by atoms with Crippen LogP contribution >= 0.6 is 0 Å². The Hall–Kier alpha value is -3.79. The predicted octanol–water partition coefficient (Wildman–Crippen LogP) is 3.19. The number of halogens is 1. The van der Waals surface area contributed by atoms with E-state index in [1.165, 1.54) is 0 Å². The molecule has 0 unspecified atom stereocenters. The minimum Gasteiger partial charge on any atom is -0.378 e. The molecule has 4 aromatic heterocycles. The third-order valence-corrected chi connectivity index (χ3v) is 5.68. The summed E-state index contributed by atoms with van der Waals surface area (Å²) >= 11 is 0. The number of carbonyl (C=O) groups excluding carboxylic acids is 1. The highest BCUT2D eigenvalue weighted by molar-refractivity contribution is 6.04. The van der Waals surface area contributed by atoms with E-state index in [0.29, 0.717) is 60.4 Å². The van der Waals surface area contributed by atoms with Crippen molar-refractivity contribution >= 4 is 28.4 Å². The molecule has 32 heavy (non-hydrogen) atoms. The SMILES string of the molecule is Cc1n[nH]c(C(=O)Nc2cnc3[nH]c(-c4ccnc(N5CCOCC5)c4F)cc3c2)c1C. The molecule has 1 fully saturated rings. The lowest BCUT2D eigenvalue weighted by molar-refractivity contribution is 0.102. The first-order chi connectivity index (χ1) is 15.5. The van der Waals surface area contributed by atoms with Crippen LogP contribution in [0.3, 0.4) is 0 Å². The summed E-state index contributed by atoms with van der Waals surface area (Å²) in [6.07, 6.45) is 3.16. The smallest absolute Gasteiger partial charge is 0.273 e. The molecule has 0 atom stereocenters. The minimum absolute atomic E-state index is 0.296. The number of aromatic amines is 2. The highest BCUT2D eigenvalue weighted by Gasteiger charge is 2.20. The van der Waals surface area contributed by atoms with E-state index < -0.39 is 0 Å². The molecule has 3 N–H and O–H groups in total. The molecule has 4 aromatic rings. The fourth-order valence-corrected chi connectivity index (χ4v) is 3.77. The average molecular weight is 435 g/mol. The van der Waals surface area contributed by atoms with Gasteiger partial charge in [-0.25, -0.2) is 14.4 Å². The van der Waals surface area contributed by atoms with Crippen molar-refractivity contribution in [3.05, 3.63) is 53.4 Å². The molecule has 5 rings (SSSR count). The number of hydrogen-bond donors (Lipinski definition) is 3. The van der Waals surface area contributed by atoms with Gasteiger partial charge in [-0.2, -0.15) is 5.10 Å². The largest absolute Gasteiger partial charge is 0.378 e. The van der Waals surface area contributed by atoms with Crippen LogP contribution < -0.4 is 10.2 Å². The molecule has 1 saturated heterocycles. The Balaban J connectivity index is 1.43. The number of nitrogens with zero attached hydrogens (tertiary/aromatic N) is 4. The highest BCUT2D eigenvalue weighted by atomic mass is 19.1. The number of nitrogens with one attached hydrogen (secondary N) is 3. The number of morpholine rings is 1. The Bertz CT molecular complexity index is 1310. The molecule has 0 radical (unpaired) electrons. The molecule has 0 spiro atoms. The Labute approximate surface area is 183 Å². The molecular weight excluding hydrogens is 413 g/mol. The van der Waals surface area contributed by atoms with E-state index in [1.54, 1.807) is 24.5 Å². The van der Waals surface area contributed by atoms with Crippen molar-refractivity contribution in [3.8, 4) is 11.3 Å². The molecule has 1 amide bonds. The van der Waals surface area contributed by atoms with Crippen molar-refractivity contribution in [1.29, 1.82) is 0 Å². The van der Waals surface area contributed by atoms with Crippen LogP contribution in [0.15, 0.2) is 30.6 Å². The van der Waals surface area contributed by atoms with Gasteiger partial charge in [0.05, 0.1) is 36.5 Å². The number of aromatic nitrogens is 5. The first kappa shape index (κ1) is 20.1. The third-order valence-electron chi connectivity index (χ3n) is 5.68. The summed E-state index contributed by atoms with van der Waals surface area (Å²) in [6.45, 7) is 5.96. The first-order valence-electron chi connectivity index (χ1n) is 10.3. The van der Waals surface area contributed by atoms with Crippen molar-refractivity contribution in [2.75, 3.05) is 36.5 Å². The third kappa shape index (κ3) is 3.58. The van der Waals surface area contributed by atoms with Crippen LogP contribution in [-0.2, 0) is 4.74 Å². The molecule has 1 aliphatic heterocycles. The fraction of sp³-hybridized carbons (Fsp3) is 0.273. The molecule has 9 nitrogen and oxygen atoms in total. The van der Waals surface area contributed by atoms with Gasteiger partial charge in [0, 0.05) is 35.8 Å². The number of pyridine rings is 2. The predicted molar refractivity (Wildman–Crippen MR) is 118 cm³/mol. The van der Waals surface area contributed by atoms with Gasteiger partial charge in [0.1, 0.15) is 11.3 Å². The summed E-state index contributed by atoms with van der Waals surface area (Å²) in [7, 11) is 0. The number of amides is 1. The highest BCUT2D eigenvalue weighted by Crippen LogP contribution is 2.30. The molecule has 0 aliphatic carbocycles. The monoisotopic (exact) mass is 435 g/mol. The molecule has 0 bridgehead atoms. The van der Waals surface area contributed by atoms with Crippen LogP contribution in [0.1, 0.15) is 21.7 Å². The zero-order valence-electron chi connectivity index (χ0n) is 17.7. The van der Waals surface area contributed by atoms with Crippen LogP contribution in [0.25, 0.3) is 22.3 Å². The van der Waals surface area contributed by atoms with E-state index in [-0.39, 0.29) is 11.7 Å². The Kier molecular flexibility index (Phi) is 5.06. The van der Waals surface area contributed by atoms with Crippen molar-refractivity contribution in [1.82, 2.24) is 25.1 Å². The van der Waals surface area contributed by atoms with Gasteiger partial charge in [-0.15, -0.1) is 0 Å². The minimum atomic E-state index is -0.389. The average Bonchev–Trinajstić information content (AvgIpc) is 3.37. The summed E-state index contributed by atoms with van der Waals surface area (Å²) in [6, 6.07) is 5.24. The van der Waals surface area contributed by atoms with Gasteiger partial charge in [0.15, 0.2) is 11.6 Å². The Morgan fingerprint density at radius 3 is 2.78 bits per heavy atom. The van der Waals surface area contributed by atoms with Crippen molar-refractivity contribution in [2.45, 2.75) is 13.8 Å². The number of carbonyl (C=O) groups is 1. The van der Waals surface area contributed by atoms with Gasteiger partial charge >= 0.3 is 0 Å². The van der Waals surface area contributed by atoms with Crippen LogP contribution in [0.5, 0.6) is 0 Å². The van der Waals surface area contributed by atoms with E-state index in [9.17, 15) is 4.79 Å². The lowest BCUT2D eigenvalue weighted by atomic mass is 10.1. The Morgan fingerprint density at radius 1 is 1.22 bits per heavy atom. The first-order valence-corrected chi connectivity index (χ1v) is 10.3. The zero-order valence-corrected chi connectivity index (χ0v) is 17.7. The standard InChI is InChI=1S/C22H22FN7O2/c1-12-13(2)28-29-19(12)22(31)26-15-9-14-10-17(27-20(14)25-11-15)16-3-4-24-21(18(16)23)30-5-7-32-8-6-30/h3-4,9-11H,5-8H2,1-2H3,(H,25,27)(H,26,31)(H,28,29). The van der Waals surface area contributed by atoms with Crippen molar-refractivity contribution < 1.29 is 13.9 Å². The van der Waals surface area contributed by atoms with Gasteiger partial charge in [-0.1, -0.05) is 0 Å². The molecular formula is C22H22FN7O2. The number of H-pyrrole nitrogens is 2. The van der Waals surface area contributed by atoms with E-state index in [4.69, 9.17) is 4.74 Å². The second-order valence-corrected chi connectivity index (χ2v) is 7.70. The summed E-state index contributed by atoms with van der Waals surface area (Å²) in [5, 5.41) is 10.4. The van der Waals surface area contributed by atoms with Crippen LogP contribution in [0.2, 0.25) is 0 Å². The molecule has 1 aliphatic rings. The van der Waals surface area contributed by atoms with Gasteiger partial charge in [0.2, 0.25) is 0 Å². The van der Waals surface area contributed by atoms with Gasteiger partial charge in [-0.3, -0.25) is 9.89 Å². The second-order valence-electron chi connectivity index (χ2n) is 7.70. The van der Waals surface area contributed by atoms with Crippen LogP contribution in [-0.4, -0.2) is 57.4 Å². The van der Waals surface area contributed by atoms with E-state index in [0.717, 1.165) is 16.6 Å². The summed E-state index contributed by atoms with van der Waals surface area (Å²) in [5.74, 6) is -0.370. The quantitative estimate of drug-likeness (QED) is 0.454. The number of fused-ring (bicyclic) bond motifs is 1. The second kappa shape index (κ2) is 8.04. The molecule has 10 heteroatoms. The number of anilines is 2.